The minimum Gasteiger partial charge on any atom is -0.244 e. The van der Waals surface area contributed by atoms with Crippen LogP contribution < -0.4 is 5.69 Å². The first-order valence-corrected chi connectivity index (χ1v) is 3.94. The van der Waals surface area contributed by atoms with E-state index in [-0.39, 0.29) is 5.69 Å². The summed E-state index contributed by atoms with van der Waals surface area (Å²) in [5.74, 6) is 0. The molecule has 2 heterocycles. The van der Waals surface area contributed by atoms with Crippen LogP contribution in [-0.2, 0) is 0 Å². The van der Waals surface area contributed by atoms with Crippen molar-refractivity contribution in [3.63, 3.8) is 0 Å². The van der Waals surface area contributed by atoms with Crippen LogP contribution in [0.25, 0.3) is 5.52 Å². The van der Waals surface area contributed by atoms with E-state index in [0.717, 1.165) is 9.09 Å². The lowest BCUT2D eigenvalue weighted by Gasteiger charge is -1.87. The van der Waals surface area contributed by atoms with Crippen LogP contribution in [0, 0.1) is 3.57 Å². The first kappa shape index (κ1) is 6.77. The van der Waals surface area contributed by atoms with Crippen molar-refractivity contribution >= 4 is 28.1 Å². The van der Waals surface area contributed by atoms with Gasteiger partial charge in [-0.1, -0.05) is 0 Å². The maximum atomic E-state index is 11.0. The zero-order chi connectivity index (χ0) is 7.84. The van der Waals surface area contributed by atoms with Gasteiger partial charge < -0.3 is 0 Å². The van der Waals surface area contributed by atoms with E-state index < -0.39 is 0 Å². The molecule has 0 saturated heterocycles. The van der Waals surface area contributed by atoms with Gasteiger partial charge in [0, 0.05) is 0 Å². The second-order valence-corrected chi connectivity index (χ2v) is 3.13. The first-order valence-electron chi connectivity index (χ1n) is 2.86. The highest BCUT2D eigenvalue weighted by Gasteiger charge is 2.01. The fourth-order valence-corrected chi connectivity index (χ4v) is 1.30. The number of nitrogens with zero attached hydrogens (tertiary/aromatic N) is 3. The summed E-state index contributed by atoms with van der Waals surface area (Å²) in [5.41, 5.74) is 0.416. The van der Waals surface area contributed by atoms with E-state index in [2.05, 4.69) is 37.9 Å². The predicted molar refractivity (Wildman–Crippen MR) is 46.3 cm³/mol. The van der Waals surface area contributed by atoms with Gasteiger partial charge in [0.25, 0.3) is 0 Å². The molecule has 11 heavy (non-hydrogen) atoms. The average molecular weight is 262 g/mol. The molecule has 0 spiro atoms. The van der Waals surface area contributed by atoms with Gasteiger partial charge in [-0.2, -0.15) is 14.7 Å². The molecule has 0 amide bonds. The normalized spacial score (nSPS) is 10.6. The van der Waals surface area contributed by atoms with Crippen molar-refractivity contribution in [2.24, 2.45) is 0 Å². The van der Waals surface area contributed by atoms with Crippen molar-refractivity contribution < 1.29 is 0 Å². The summed E-state index contributed by atoms with van der Waals surface area (Å²) >= 11 is 2.09. The lowest BCUT2D eigenvalue weighted by atomic mass is 10.6. The monoisotopic (exact) mass is 262 g/mol. The summed E-state index contributed by atoms with van der Waals surface area (Å²) in [6.45, 7) is 0. The molecule has 0 aliphatic heterocycles. The molecule has 1 N–H and O–H groups in total. The van der Waals surface area contributed by atoms with Gasteiger partial charge in [0.2, 0.25) is 0 Å². The van der Waals surface area contributed by atoms with E-state index in [9.17, 15) is 4.79 Å². The van der Waals surface area contributed by atoms with Crippen molar-refractivity contribution in [2.45, 2.75) is 0 Å². The quantitative estimate of drug-likeness (QED) is 0.681. The zero-order valence-corrected chi connectivity index (χ0v) is 7.44. The van der Waals surface area contributed by atoms with Crippen molar-refractivity contribution in [1.82, 2.24) is 19.8 Å². The largest absolute Gasteiger partial charge is 0.363 e. The molecule has 0 aliphatic rings. The number of aromatic nitrogens is 4. The lowest BCUT2D eigenvalue weighted by molar-refractivity contribution is 0.810. The Balaban J connectivity index is 3.06. The molecule has 0 aromatic carbocycles. The standard InChI is InChI=1S/C5H3IN4O/c6-3-1-8-10-4(3)2-7-9-5(10)11/h1-2H,(H,9,11). The molecule has 0 saturated carbocycles. The molecule has 2 aromatic heterocycles. The van der Waals surface area contributed by atoms with E-state index in [1.807, 2.05) is 0 Å². The molecule has 0 unspecified atom stereocenters. The fourth-order valence-electron chi connectivity index (χ4n) is 0.812. The van der Waals surface area contributed by atoms with E-state index in [1.54, 1.807) is 12.4 Å². The number of aromatic amines is 1. The molecule has 56 valence electrons. The van der Waals surface area contributed by atoms with Crippen LogP contribution in [-0.4, -0.2) is 19.8 Å². The molecule has 0 atom stereocenters. The number of rotatable bonds is 0. The highest BCUT2D eigenvalue weighted by atomic mass is 127. The van der Waals surface area contributed by atoms with Gasteiger partial charge in [0.15, 0.2) is 0 Å². The Kier molecular flexibility index (Phi) is 1.41. The van der Waals surface area contributed by atoms with Crippen LogP contribution in [0.5, 0.6) is 0 Å². The second kappa shape index (κ2) is 2.29. The van der Waals surface area contributed by atoms with Gasteiger partial charge in [-0.25, -0.2) is 9.89 Å². The highest BCUT2D eigenvalue weighted by Crippen LogP contribution is 2.08. The summed E-state index contributed by atoms with van der Waals surface area (Å²) in [4.78, 5) is 11.0. The summed E-state index contributed by atoms with van der Waals surface area (Å²) in [7, 11) is 0. The third-order valence-corrected chi connectivity index (χ3v) is 2.13. The van der Waals surface area contributed by atoms with Crippen molar-refractivity contribution in [1.29, 1.82) is 0 Å². The van der Waals surface area contributed by atoms with Crippen molar-refractivity contribution in [3.05, 3.63) is 26.4 Å². The molecule has 0 bridgehead atoms. The van der Waals surface area contributed by atoms with Gasteiger partial charge in [-0.3, -0.25) is 0 Å². The molecule has 2 aromatic rings. The van der Waals surface area contributed by atoms with Gasteiger partial charge in [-0.05, 0) is 22.6 Å². The number of H-pyrrole nitrogens is 1. The molecular formula is C5H3IN4O. The summed E-state index contributed by atoms with van der Waals surface area (Å²) < 4.78 is 2.19. The third-order valence-electron chi connectivity index (χ3n) is 1.30. The van der Waals surface area contributed by atoms with Crippen LogP contribution in [0.1, 0.15) is 0 Å². The Morgan fingerprint density at radius 2 is 2.36 bits per heavy atom. The number of hydrogen-bond acceptors (Lipinski definition) is 3. The van der Waals surface area contributed by atoms with E-state index in [1.165, 1.54) is 4.52 Å². The predicted octanol–water partition coefficient (Wildman–Crippen LogP) is 0.0222. The zero-order valence-electron chi connectivity index (χ0n) is 5.28. The molecule has 0 aliphatic carbocycles. The van der Waals surface area contributed by atoms with E-state index >= 15 is 0 Å². The summed E-state index contributed by atoms with van der Waals surface area (Å²) in [5, 5.41) is 9.76. The minimum absolute atomic E-state index is 0.314. The highest BCUT2D eigenvalue weighted by molar-refractivity contribution is 14.1. The SMILES string of the molecule is O=c1[nH]ncc2c(I)cnn12. The van der Waals surface area contributed by atoms with Crippen molar-refractivity contribution in [3.8, 4) is 0 Å². The first-order chi connectivity index (χ1) is 5.29. The number of hydrogen-bond donors (Lipinski definition) is 1. The summed E-state index contributed by atoms with van der Waals surface area (Å²) in [6, 6.07) is 0. The third kappa shape index (κ3) is 0.934. The number of nitrogens with one attached hydrogen (secondary N) is 1. The van der Waals surface area contributed by atoms with Gasteiger partial charge in [0.05, 0.1) is 16.0 Å². The summed E-state index contributed by atoms with van der Waals surface area (Å²) in [6.07, 6.45) is 3.18. The Bertz CT molecular complexity index is 445. The Morgan fingerprint density at radius 1 is 1.55 bits per heavy atom. The van der Waals surface area contributed by atoms with Crippen LogP contribution in [0.15, 0.2) is 17.2 Å². The number of fused-ring (bicyclic) bond motifs is 1. The maximum absolute atomic E-state index is 11.0. The minimum atomic E-state index is -0.314. The van der Waals surface area contributed by atoms with Crippen LogP contribution in [0.4, 0.5) is 0 Å². The van der Waals surface area contributed by atoms with Gasteiger partial charge in [-0.15, -0.1) is 0 Å². The average Bonchev–Trinajstić information content (AvgIpc) is 2.35. The number of halogens is 1. The lowest BCUT2D eigenvalue weighted by Crippen LogP contribution is -2.17. The van der Waals surface area contributed by atoms with Crippen LogP contribution in [0.3, 0.4) is 0 Å². The topological polar surface area (TPSA) is 63.0 Å². The van der Waals surface area contributed by atoms with Gasteiger partial charge in [0.1, 0.15) is 5.52 Å². The second-order valence-electron chi connectivity index (χ2n) is 1.96. The molecule has 2 rings (SSSR count). The Morgan fingerprint density at radius 3 is 3.09 bits per heavy atom. The molecular weight excluding hydrogens is 259 g/mol. The maximum Gasteiger partial charge on any atom is 0.363 e. The molecule has 0 fully saturated rings. The van der Waals surface area contributed by atoms with Gasteiger partial charge >= 0.3 is 5.69 Å². The molecule has 5 nitrogen and oxygen atoms in total. The van der Waals surface area contributed by atoms with Crippen LogP contribution >= 0.6 is 22.6 Å². The molecule has 0 radical (unpaired) electrons. The van der Waals surface area contributed by atoms with Crippen molar-refractivity contribution in [2.75, 3.05) is 0 Å². The smallest absolute Gasteiger partial charge is 0.244 e. The van der Waals surface area contributed by atoms with E-state index in [4.69, 9.17) is 0 Å². The fraction of sp³-hybridized carbons (Fsp3) is 0. The Labute approximate surface area is 74.6 Å². The van der Waals surface area contributed by atoms with Crippen LogP contribution in [0.2, 0.25) is 0 Å². The van der Waals surface area contributed by atoms with E-state index in [0.29, 0.717) is 0 Å². The molecule has 6 heteroatoms. The Hall–Kier alpha value is -0.920.